The average molecular weight is 208 g/mol. The summed E-state index contributed by atoms with van der Waals surface area (Å²) in [6.07, 6.45) is -0.301. The zero-order valence-corrected chi connectivity index (χ0v) is 8.56. The Morgan fingerprint density at radius 3 is 2.47 bits per heavy atom. The number of carbonyl (C=O) groups excluding carboxylic acids is 1. The van der Waals surface area contributed by atoms with E-state index in [1.54, 1.807) is 25.1 Å². The van der Waals surface area contributed by atoms with Crippen molar-refractivity contribution in [2.24, 2.45) is 0 Å². The highest BCUT2D eigenvalue weighted by Crippen LogP contribution is 2.20. The summed E-state index contributed by atoms with van der Waals surface area (Å²) in [5, 5.41) is 8.62. The summed E-state index contributed by atoms with van der Waals surface area (Å²) < 4.78 is 5.06. The lowest BCUT2D eigenvalue weighted by Gasteiger charge is -2.12. The molecule has 1 atom stereocenters. The molecule has 15 heavy (non-hydrogen) atoms. The van der Waals surface area contributed by atoms with Crippen LogP contribution < -0.4 is 0 Å². The Kier molecular flexibility index (Phi) is 3.57. The Labute approximate surface area is 87.5 Å². The fourth-order valence-corrected chi connectivity index (χ4v) is 1.30. The first-order valence-corrected chi connectivity index (χ1v) is 4.47. The fourth-order valence-electron chi connectivity index (χ4n) is 1.30. The van der Waals surface area contributed by atoms with Gasteiger partial charge in [-0.25, -0.2) is 4.79 Å². The molecule has 0 aliphatic carbocycles. The highest BCUT2D eigenvalue weighted by Gasteiger charge is 2.20. The van der Waals surface area contributed by atoms with Crippen LogP contribution in [0.25, 0.3) is 0 Å². The van der Waals surface area contributed by atoms with E-state index in [-0.39, 0.29) is 11.7 Å². The minimum absolute atomic E-state index is 0.180. The molecule has 80 valence electrons. The van der Waals surface area contributed by atoms with E-state index >= 15 is 0 Å². The van der Waals surface area contributed by atoms with Crippen LogP contribution in [0, 0.1) is 0 Å². The van der Waals surface area contributed by atoms with Crippen LogP contribution >= 0.6 is 0 Å². The molecule has 1 unspecified atom stereocenters. The van der Waals surface area contributed by atoms with Gasteiger partial charge in [0.1, 0.15) is 0 Å². The molecule has 0 bridgehead atoms. The SMILES string of the molecule is COC(C)c1ccccc1C(=O)C(=O)O. The van der Waals surface area contributed by atoms with Crippen molar-refractivity contribution in [2.45, 2.75) is 13.0 Å². The van der Waals surface area contributed by atoms with Crippen molar-refractivity contribution in [2.75, 3.05) is 7.11 Å². The van der Waals surface area contributed by atoms with E-state index in [9.17, 15) is 9.59 Å². The van der Waals surface area contributed by atoms with E-state index in [1.165, 1.54) is 13.2 Å². The first-order chi connectivity index (χ1) is 7.07. The number of rotatable bonds is 4. The van der Waals surface area contributed by atoms with Crippen LogP contribution in [0.1, 0.15) is 28.9 Å². The van der Waals surface area contributed by atoms with Crippen molar-refractivity contribution < 1.29 is 19.4 Å². The first kappa shape index (κ1) is 11.4. The molecule has 1 aromatic rings. The molecular weight excluding hydrogens is 196 g/mol. The number of ether oxygens (including phenoxy) is 1. The number of benzene rings is 1. The largest absolute Gasteiger partial charge is 0.475 e. The smallest absolute Gasteiger partial charge is 0.377 e. The molecule has 0 saturated carbocycles. The van der Waals surface area contributed by atoms with Gasteiger partial charge in [0.05, 0.1) is 6.10 Å². The molecule has 0 amide bonds. The third-order valence-corrected chi connectivity index (χ3v) is 2.19. The molecule has 4 nitrogen and oxygen atoms in total. The number of ketones is 1. The van der Waals surface area contributed by atoms with Crippen LogP contribution in [-0.2, 0) is 9.53 Å². The maximum Gasteiger partial charge on any atom is 0.377 e. The zero-order valence-electron chi connectivity index (χ0n) is 8.56. The van der Waals surface area contributed by atoms with Crippen molar-refractivity contribution in [3.05, 3.63) is 35.4 Å². The van der Waals surface area contributed by atoms with Crippen LogP contribution in [0.3, 0.4) is 0 Å². The number of hydrogen-bond acceptors (Lipinski definition) is 3. The minimum Gasteiger partial charge on any atom is -0.475 e. The second-order valence-corrected chi connectivity index (χ2v) is 3.10. The Morgan fingerprint density at radius 2 is 1.93 bits per heavy atom. The van der Waals surface area contributed by atoms with Gasteiger partial charge in [-0.1, -0.05) is 24.3 Å². The number of carboxylic acids is 1. The van der Waals surface area contributed by atoms with Gasteiger partial charge in [-0.2, -0.15) is 0 Å². The quantitative estimate of drug-likeness (QED) is 0.603. The molecule has 1 rings (SSSR count). The summed E-state index contributed by atoms with van der Waals surface area (Å²) in [5.74, 6) is -2.36. The van der Waals surface area contributed by atoms with Crippen molar-refractivity contribution in [3.63, 3.8) is 0 Å². The number of Topliss-reactive ketones (excluding diaryl/α,β-unsaturated/α-hetero) is 1. The second kappa shape index (κ2) is 4.70. The number of carboxylic acid groups (broad SMARTS) is 1. The first-order valence-electron chi connectivity index (χ1n) is 4.47. The van der Waals surface area contributed by atoms with Gasteiger partial charge in [0.25, 0.3) is 5.78 Å². The lowest BCUT2D eigenvalue weighted by Crippen LogP contribution is -2.16. The molecule has 1 N–H and O–H groups in total. The predicted molar refractivity (Wildman–Crippen MR) is 53.8 cm³/mol. The Hall–Kier alpha value is -1.68. The van der Waals surface area contributed by atoms with E-state index in [0.717, 1.165) is 0 Å². The molecule has 0 radical (unpaired) electrons. The highest BCUT2D eigenvalue weighted by molar-refractivity contribution is 6.40. The number of aliphatic carboxylic acids is 1. The molecule has 0 spiro atoms. The monoisotopic (exact) mass is 208 g/mol. The predicted octanol–water partition coefficient (Wildman–Crippen LogP) is 1.66. The Morgan fingerprint density at radius 1 is 1.33 bits per heavy atom. The summed E-state index contributed by atoms with van der Waals surface area (Å²) >= 11 is 0. The van der Waals surface area contributed by atoms with Gasteiger partial charge in [0.15, 0.2) is 0 Å². The van der Waals surface area contributed by atoms with Gasteiger partial charge in [0.2, 0.25) is 0 Å². The summed E-state index contributed by atoms with van der Waals surface area (Å²) in [7, 11) is 1.51. The van der Waals surface area contributed by atoms with Crippen molar-refractivity contribution >= 4 is 11.8 Å². The average Bonchev–Trinajstić information content (AvgIpc) is 2.27. The number of hydrogen-bond donors (Lipinski definition) is 1. The molecule has 0 fully saturated rings. The van der Waals surface area contributed by atoms with Crippen LogP contribution in [0.15, 0.2) is 24.3 Å². The normalized spacial score (nSPS) is 12.1. The van der Waals surface area contributed by atoms with Gasteiger partial charge < -0.3 is 9.84 Å². The minimum atomic E-state index is -1.45. The van der Waals surface area contributed by atoms with Crippen LogP contribution in [0.4, 0.5) is 0 Å². The highest BCUT2D eigenvalue weighted by atomic mass is 16.5. The lowest BCUT2D eigenvalue weighted by atomic mass is 10.00. The van der Waals surface area contributed by atoms with Crippen LogP contribution in [0.5, 0.6) is 0 Å². The standard InChI is InChI=1S/C11H12O4/c1-7(15-2)8-5-3-4-6-9(8)10(12)11(13)14/h3-7H,1-2H3,(H,13,14). The molecular formula is C11H12O4. The molecule has 0 aliphatic heterocycles. The maximum atomic E-state index is 11.3. The van der Waals surface area contributed by atoms with Crippen molar-refractivity contribution in [3.8, 4) is 0 Å². The molecule has 0 saturated heterocycles. The molecule has 4 heteroatoms. The summed E-state index contributed by atoms with van der Waals surface area (Å²) in [5.41, 5.74) is 0.770. The maximum absolute atomic E-state index is 11.3. The zero-order chi connectivity index (χ0) is 11.4. The van der Waals surface area contributed by atoms with Gasteiger partial charge in [0, 0.05) is 12.7 Å². The Bertz CT molecular complexity index is 384. The number of methoxy groups -OCH3 is 1. The van der Waals surface area contributed by atoms with Crippen molar-refractivity contribution in [1.82, 2.24) is 0 Å². The van der Waals surface area contributed by atoms with Crippen LogP contribution in [-0.4, -0.2) is 24.0 Å². The van der Waals surface area contributed by atoms with E-state index < -0.39 is 11.8 Å². The summed E-state index contributed by atoms with van der Waals surface area (Å²) in [6.45, 7) is 1.76. The van der Waals surface area contributed by atoms with Crippen molar-refractivity contribution in [1.29, 1.82) is 0 Å². The molecule has 0 aromatic heterocycles. The fraction of sp³-hybridized carbons (Fsp3) is 0.273. The molecule has 0 aliphatic rings. The molecule has 1 aromatic carbocycles. The van der Waals surface area contributed by atoms with E-state index in [4.69, 9.17) is 9.84 Å². The third-order valence-electron chi connectivity index (χ3n) is 2.19. The van der Waals surface area contributed by atoms with Gasteiger partial charge in [-0.15, -0.1) is 0 Å². The third kappa shape index (κ3) is 2.41. The topological polar surface area (TPSA) is 63.6 Å². The number of carbonyl (C=O) groups is 2. The van der Waals surface area contributed by atoms with Gasteiger partial charge in [-0.3, -0.25) is 4.79 Å². The van der Waals surface area contributed by atoms with Crippen LogP contribution in [0.2, 0.25) is 0 Å². The Balaban J connectivity index is 3.17. The van der Waals surface area contributed by atoms with E-state index in [2.05, 4.69) is 0 Å². The van der Waals surface area contributed by atoms with Gasteiger partial charge in [-0.05, 0) is 12.5 Å². The summed E-state index contributed by atoms with van der Waals surface area (Å²) in [6, 6.07) is 6.54. The molecule has 0 heterocycles. The second-order valence-electron chi connectivity index (χ2n) is 3.10. The lowest BCUT2D eigenvalue weighted by molar-refractivity contribution is -0.131. The van der Waals surface area contributed by atoms with E-state index in [1.807, 2.05) is 0 Å². The van der Waals surface area contributed by atoms with Gasteiger partial charge >= 0.3 is 5.97 Å². The summed E-state index contributed by atoms with van der Waals surface area (Å²) in [4.78, 5) is 21.9. The van der Waals surface area contributed by atoms with E-state index in [0.29, 0.717) is 5.56 Å².